The Balaban J connectivity index is 1.39. The molecule has 0 radical (unpaired) electrons. The number of hydrogen-bond acceptors (Lipinski definition) is 7. The van der Waals surface area contributed by atoms with Gasteiger partial charge in [0.1, 0.15) is 6.61 Å². The van der Waals surface area contributed by atoms with Crippen LogP contribution in [0.3, 0.4) is 0 Å². The molecule has 0 aliphatic carbocycles. The quantitative estimate of drug-likeness (QED) is 0.641. The van der Waals surface area contributed by atoms with Crippen molar-refractivity contribution in [2.75, 3.05) is 84.7 Å². The van der Waals surface area contributed by atoms with Gasteiger partial charge in [0.2, 0.25) is 11.8 Å². The van der Waals surface area contributed by atoms with E-state index >= 15 is 0 Å². The number of amides is 3. The zero-order chi connectivity index (χ0) is 20.5. The number of nitrogens with one attached hydrogen (secondary N) is 1. The third-order valence-corrected chi connectivity index (χ3v) is 4.91. The molecule has 3 heterocycles. The first-order chi connectivity index (χ1) is 14.2. The summed E-state index contributed by atoms with van der Waals surface area (Å²) in [7, 11) is 1.61. The molecule has 29 heavy (non-hydrogen) atoms. The maximum atomic E-state index is 12.5. The number of urea groups is 1. The fourth-order valence-electron chi connectivity index (χ4n) is 3.18. The summed E-state index contributed by atoms with van der Waals surface area (Å²) in [4.78, 5) is 34.7. The minimum Gasteiger partial charge on any atom is -0.475 e. The third kappa shape index (κ3) is 6.55. The lowest BCUT2D eigenvalue weighted by atomic mass is 10.3. The van der Waals surface area contributed by atoms with E-state index in [0.29, 0.717) is 70.7 Å². The van der Waals surface area contributed by atoms with Crippen LogP contribution in [-0.2, 0) is 14.3 Å². The highest BCUT2D eigenvalue weighted by atomic mass is 16.5. The van der Waals surface area contributed by atoms with Gasteiger partial charge in [-0.3, -0.25) is 9.69 Å². The highest BCUT2D eigenvalue weighted by Gasteiger charge is 2.25. The van der Waals surface area contributed by atoms with Crippen molar-refractivity contribution in [1.29, 1.82) is 0 Å². The van der Waals surface area contributed by atoms with Crippen LogP contribution >= 0.6 is 0 Å². The molecule has 10 nitrogen and oxygen atoms in total. The van der Waals surface area contributed by atoms with Crippen molar-refractivity contribution >= 4 is 17.6 Å². The second-order valence-electron chi connectivity index (χ2n) is 6.91. The van der Waals surface area contributed by atoms with Gasteiger partial charge in [-0.05, 0) is 6.07 Å². The van der Waals surface area contributed by atoms with Crippen LogP contribution < -0.4 is 10.1 Å². The lowest BCUT2D eigenvalue weighted by molar-refractivity contribution is -0.134. The number of ether oxygens (including phenoxy) is 3. The predicted octanol–water partition coefficient (Wildman–Crippen LogP) is 0.115. The lowest BCUT2D eigenvalue weighted by Crippen LogP contribution is -2.54. The zero-order valence-corrected chi connectivity index (χ0v) is 16.8. The van der Waals surface area contributed by atoms with Gasteiger partial charge in [0.15, 0.2) is 0 Å². The summed E-state index contributed by atoms with van der Waals surface area (Å²) in [5.41, 5.74) is 0.597. The largest absolute Gasteiger partial charge is 0.475 e. The monoisotopic (exact) mass is 407 g/mol. The number of rotatable bonds is 7. The molecule has 3 rings (SSSR count). The topological polar surface area (TPSA) is 96.5 Å². The fourth-order valence-corrected chi connectivity index (χ4v) is 3.18. The normalized spacial score (nSPS) is 17.8. The molecule has 2 saturated heterocycles. The summed E-state index contributed by atoms with van der Waals surface area (Å²) in [6, 6.07) is 3.25. The number of carbonyl (C=O) groups excluding carboxylic acids is 2. The van der Waals surface area contributed by atoms with Crippen LogP contribution in [0.4, 0.5) is 10.5 Å². The van der Waals surface area contributed by atoms with Gasteiger partial charge in [-0.2, -0.15) is 0 Å². The van der Waals surface area contributed by atoms with Crippen LogP contribution in [0, 0.1) is 0 Å². The molecule has 0 spiro atoms. The van der Waals surface area contributed by atoms with Crippen molar-refractivity contribution in [3.63, 3.8) is 0 Å². The molecule has 0 atom stereocenters. The molecule has 160 valence electrons. The molecule has 0 bridgehead atoms. The summed E-state index contributed by atoms with van der Waals surface area (Å²) in [6.07, 6.45) is 1.56. The third-order valence-electron chi connectivity index (χ3n) is 4.91. The Morgan fingerprint density at radius 1 is 1.07 bits per heavy atom. The van der Waals surface area contributed by atoms with Crippen molar-refractivity contribution in [1.82, 2.24) is 19.7 Å². The Kier molecular flexibility index (Phi) is 8.03. The Bertz CT molecular complexity index is 657. The van der Waals surface area contributed by atoms with E-state index in [9.17, 15) is 9.59 Å². The van der Waals surface area contributed by atoms with Crippen molar-refractivity contribution in [2.24, 2.45) is 0 Å². The maximum absolute atomic E-state index is 12.5. The van der Waals surface area contributed by atoms with Crippen molar-refractivity contribution < 1.29 is 23.8 Å². The smallest absolute Gasteiger partial charge is 0.322 e. The summed E-state index contributed by atoms with van der Waals surface area (Å²) >= 11 is 0. The van der Waals surface area contributed by atoms with Crippen LogP contribution in [0.5, 0.6) is 5.88 Å². The summed E-state index contributed by atoms with van der Waals surface area (Å²) in [5.74, 6) is 0.590. The van der Waals surface area contributed by atoms with E-state index in [1.165, 1.54) is 0 Å². The Morgan fingerprint density at radius 3 is 2.45 bits per heavy atom. The molecular formula is C19H29N5O5. The highest BCUT2D eigenvalue weighted by Crippen LogP contribution is 2.13. The standard InChI is InChI=1S/C19H29N5O5/c1-27-12-13-29-17-3-2-16(14-20-17)21-19(26)24-6-4-23(5-7-24)18(25)15-22-8-10-28-11-9-22/h2-3,14H,4-13,15H2,1H3,(H,21,26). The van der Waals surface area contributed by atoms with Crippen LogP contribution in [0.2, 0.25) is 0 Å². The summed E-state index contributed by atoms with van der Waals surface area (Å²) in [6.45, 7) is 6.36. The Labute approximate surface area is 170 Å². The SMILES string of the molecule is COCCOc1ccc(NC(=O)N2CCN(C(=O)CN3CCOCC3)CC2)cn1. The average molecular weight is 407 g/mol. The first-order valence-electron chi connectivity index (χ1n) is 9.87. The highest BCUT2D eigenvalue weighted by molar-refractivity contribution is 5.89. The van der Waals surface area contributed by atoms with Gasteiger partial charge in [-0.1, -0.05) is 0 Å². The van der Waals surface area contributed by atoms with Gasteiger partial charge in [-0.15, -0.1) is 0 Å². The van der Waals surface area contributed by atoms with Crippen LogP contribution in [0.25, 0.3) is 0 Å². The fraction of sp³-hybridized carbons (Fsp3) is 0.632. The molecule has 1 N–H and O–H groups in total. The summed E-state index contributed by atoms with van der Waals surface area (Å²) in [5, 5.41) is 2.83. The minimum atomic E-state index is -0.194. The van der Waals surface area contributed by atoms with E-state index < -0.39 is 0 Å². The predicted molar refractivity (Wildman–Crippen MR) is 106 cm³/mol. The van der Waals surface area contributed by atoms with E-state index in [2.05, 4.69) is 15.2 Å². The van der Waals surface area contributed by atoms with E-state index in [0.717, 1.165) is 13.1 Å². The van der Waals surface area contributed by atoms with E-state index in [4.69, 9.17) is 14.2 Å². The van der Waals surface area contributed by atoms with Gasteiger partial charge in [-0.25, -0.2) is 9.78 Å². The number of anilines is 1. The number of nitrogens with zero attached hydrogens (tertiary/aromatic N) is 4. The van der Waals surface area contributed by atoms with Gasteiger partial charge in [0.25, 0.3) is 0 Å². The molecule has 0 unspecified atom stereocenters. The number of aromatic nitrogens is 1. The first kappa shape index (κ1) is 21.3. The first-order valence-corrected chi connectivity index (χ1v) is 9.87. The molecule has 10 heteroatoms. The Morgan fingerprint density at radius 2 is 1.79 bits per heavy atom. The van der Waals surface area contributed by atoms with Crippen LogP contribution in [0.1, 0.15) is 0 Å². The summed E-state index contributed by atoms with van der Waals surface area (Å²) < 4.78 is 15.6. The van der Waals surface area contributed by atoms with E-state index in [1.54, 1.807) is 30.3 Å². The van der Waals surface area contributed by atoms with Gasteiger partial charge >= 0.3 is 6.03 Å². The molecule has 3 amide bonds. The van der Waals surface area contributed by atoms with E-state index in [-0.39, 0.29) is 11.9 Å². The molecule has 2 aliphatic rings. The van der Waals surface area contributed by atoms with Crippen molar-refractivity contribution in [3.8, 4) is 5.88 Å². The second-order valence-corrected chi connectivity index (χ2v) is 6.91. The molecule has 1 aromatic rings. The lowest BCUT2D eigenvalue weighted by Gasteiger charge is -2.36. The zero-order valence-electron chi connectivity index (χ0n) is 16.8. The number of carbonyl (C=O) groups is 2. The molecule has 2 fully saturated rings. The van der Waals surface area contributed by atoms with Gasteiger partial charge < -0.3 is 29.3 Å². The number of hydrogen-bond donors (Lipinski definition) is 1. The van der Waals surface area contributed by atoms with E-state index in [1.807, 2.05) is 4.90 Å². The number of morpholine rings is 1. The van der Waals surface area contributed by atoms with Crippen molar-refractivity contribution in [2.45, 2.75) is 0 Å². The van der Waals surface area contributed by atoms with Gasteiger partial charge in [0, 0.05) is 52.4 Å². The molecule has 2 aliphatic heterocycles. The molecule has 1 aromatic heterocycles. The van der Waals surface area contributed by atoms with Gasteiger partial charge in [0.05, 0.1) is 38.2 Å². The average Bonchev–Trinajstić information content (AvgIpc) is 2.76. The molecular weight excluding hydrogens is 378 g/mol. The number of methoxy groups -OCH3 is 1. The molecule has 0 saturated carbocycles. The Hall–Kier alpha value is -2.43. The van der Waals surface area contributed by atoms with Crippen LogP contribution in [0.15, 0.2) is 18.3 Å². The van der Waals surface area contributed by atoms with Crippen LogP contribution in [-0.4, -0.2) is 111 Å². The minimum absolute atomic E-state index is 0.111. The number of pyridine rings is 1. The number of piperazine rings is 1. The molecule has 0 aromatic carbocycles. The maximum Gasteiger partial charge on any atom is 0.322 e. The second kappa shape index (κ2) is 10.9. The van der Waals surface area contributed by atoms with Crippen molar-refractivity contribution in [3.05, 3.63) is 18.3 Å².